The largest absolute Gasteiger partial charge is 0.0931 e. The Morgan fingerprint density at radius 3 is 2.25 bits per heavy atom. The SMILES string of the molecule is S=CCc1cc(Cl)c(Cl)cc1Cl. The van der Waals surface area contributed by atoms with Crippen LogP contribution < -0.4 is 0 Å². The summed E-state index contributed by atoms with van der Waals surface area (Å²) >= 11 is 22.1. The van der Waals surface area contributed by atoms with Gasteiger partial charge < -0.3 is 0 Å². The Kier molecular flexibility index (Phi) is 3.78. The molecule has 0 unspecified atom stereocenters. The molecule has 0 N–H and O–H groups in total. The molecule has 0 aliphatic carbocycles. The Labute approximate surface area is 91.4 Å². The first kappa shape index (κ1) is 10.3. The Hall–Kier alpha value is 0.180. The molecule has 0 radical (unpaired) electrons. The van der Waals surface area contributed by atoms with Crippen molar-refractivity contribution >= 4 is 52.4 Å². The number of benzene rings is 1. The fourth-order valence-corrected chi connectivity index (χ4v) is 1.64. The van der Waals surface area contributed by atoms with E-state index in [0.717, 1.165) is 5.56 Å². The summed E-state index contributed by atoms with van der Waals surface area (Å²) in [5, 5.41) is 3.18. The third-order valence-electron chi connectivity index (χ3n) is 1.39. The highest BCUT2D eigenvalue weighted by molar-refractivity contribution is 7.79. The molecule has 0 nitrogen and oxygen atoms in total. The Morgan fingerprint density at radius 2 is 1.67 bits per heavy atom. The smallest absolute Gasteiger partial charge is 0.0607 e. The molecular formula is C8H5Cl3S. The van der Waals surface area contributed by atoms with Crippen molar-refractivity contribution in [3.8, 4) is 0 Å². The first-order valence-electron chi connectivity index (χ1n) is 3.22. The van der Waals surface area contributed by atoms with Gasteiger partial charge in [0.05, 0.1) is 10.0 Å². The maximum atomic E-state index is 5.87. The minimum atomic E-state index is 0.467. The highest BCUT2D eigenvalue weighted by Gasteiger charge is 2.03. The van der Waals surface area contributed by atoms with E-state index in [4.69, 9.17) is 47.0 Å². The van der Waals surface area contributed by atoms with Crippen LogP contribution >= 0.6 is 47.0 Å². The van der Waals surface area contributed by atoms with Gasteiger partial charge in [0.15, 0.2) is 0 Å². The molecule has 0 saturated carbocycles. The standard InChI is InChI=1S/C8H5Cl3S/c9-6-4-8(11)7(10)3-5(6)1-2-12/h2-4H,1H2. The molecule has 64 valence electrons. The van der Waals surface area contributed by atoms with Gasteiger partial charge in [-0.2, -0.15) is 0 Å². The number of hydrogen-bond acceptors (Lipinski definition) is 1. The monoisotopic (exact) mass is 238 g/mol. The minimum absolute atomic E-state index is 0.467. The van der Waals surface area contributed by atoms with Crippen molar-refractivity contribution in [3.05, 3.63) is 32.8 Å². The van der Waals surface area contributed by atoms with Crippen LogP contribution in [-0.2, 0) is 6.42 Å². The van der Waals surface area contributed by atoms with Crippen molar-refractivity contribution in [3.63, 3.8) is 0 Å². The summed E-state index contributed by atoms with van der Waals surface area (Å²) in [6, 6.07) is 3.36. The molecule has 1 aromatic carbocycles. The van der Waals surface area contributed by atoms with Crippen LogP contribution in [0.2, 0.25) is 15.1 Å². The van der Waals surface area contributed by atoms with Crippen molar-refractivity contribution in [2.24, 2.45) is 0 Å². The summed E-state index contributed by atoms with van der Waals surface area (Å²) in [5.41, 5.74) is 0.904. The lowest BCUT2D eigenvalue weighted by molar-refractivity contribution is 1.38. The van der Waals surface area contributed by atoms with Crippen molar-refractivity contribution < 1.29 is 0 Å². The molecular weight excluding hydrogens is 235 g/mol. The van der Waals surface area contributed by atoms with E-state index < -0.39 is 0 Å². The molecule has 0 aliphatic heterocycles. The lowest BCUT2D eigenvalue weighted by Crippen LogP contribution is -1.86. The molecule has 1 rings (SSSR count). The zero-order valence-corrected chi connectivity index (χ0v) is 9.07. The predicted octanol–water partition coefficient (Wildman–Crippen LogP) is 4.19. The van der Waals surface area contributed by atoms with Crippen LogP contribution in [0.3, 0.4) is 0 Å². The molecule has 0 bridgehead atoms. The zero-order chi connectivity index (χ0) is 9.14. The summed E-state index contributed by atoms with van der Waals surface area (Å²) in [6.45, 7) is 0. The third-order valence-corrected chi connectivity index (χ3v) is 2.63. The fourth-order valence-electron chi connectivity index (χ4n) is 0.810. The van der Waals surface area contributed by atoms with Gasteiger partial charge in [-0.3, -0.25) is 0 Å². The van der Waals surface area contributed by atoms with Crippen LogP contribution in [0.15, 0.2) is 12.1 Å². The zero-order valence-electron chi connectivity index (χ0n) is 5.98. The van der Waals surface area contributed by atoms with Crippen LogP contribution in [0.4, 0.5) is 0 Å². The maximum Gasteiger partial charge on any atom is 0.0607 e. The first-order valence-corrected chi connectivity index (χ1v) is 4.82. The summed E-state index contributed by atoms with van der Waals surface area (Å²) < 4.78 is 0. The van der Waals surface area contributed by atoms with Gasteiger partial charge in [-0.25, -0.2) is 0 Å². The number of hydrogen-bond donors (Lipinski definition) is 0. The number of rotatable bonds is 2. The quantitative estimate of drug-likeness (QED) is 0.551. The number of halogens is 3. The lowest BCUT2D eigenvalue weighted by Gasteiger charge is -2.02. The van der Waals surface area contributed by atoms with Crippen molar-refractivity contribution in [2.75, 3.05) is 0 Å². The second kappa shape index (κ2) is 4.43. The molecule has 0 atom stereocenters. The lowest BCUT2D eigenvalue weighted by atomic mass is 10.2. The third kappa shape index (κ3) is 2.33. The topological polar surface area (TPSA) is 0 Å². The van der Waals surface area contributed by atoms with Crippen LogP contribution in [0.1, 0.15) is 5.56 Å². The normalized spacial score (nSPS) is 9.92. The minimum Gasteiger partial charge on any atom is -0.0931 e. The molecule has 12 heavy (non-hydrogen) atoms. The highest BCUT2D eigenvalue weighted by Crippen LogP contribution is 2.28. The first-order chi connectivity index (χ1) is 5.65. The average molecular weight is 240 g/mol. The fraction of sp³-hybridized carbons (Fsp3) is 0.125. The van der Waals surface area contributed by atoms with E-state index in [1.807, 2.05) is 0 Å². The summed E-state index contributed by atoms with van der Waals surface area (Å²) in [5.74, 6) is 0. The van der Waals surface area contributed by atoms with Gasteiger partial charge in [0.1, 0.15) is 0 Å². The molecule has 0 aliphatic rings. The van der Waals surface area contributed by atoms with E-state index in [0.29, 0.717) is 21.5 Å². The molecule has 0 aromatic heterocycles. The molecule has 0 amide bonds. The van der Waals surface area contributed by atoms with E-state index in [1.54, 1.807) is 17.5 Å². The molecule has 0 spiro atoms. The second-order valence-electron chi connectivity index (χ2n) is 2.23. The molecule has 0 fully saturated rings. The molecule has 1 aromatic rings. The Bertz CT molecular complexity index is 309. The molecule has 0 heterocycles. The summed E-state index contributed by atoms with van der Waals surface area (Å²) in [4.78, 5) is 0. The molecule has 4 heteroatoms. The van der Waals surface area contributed by atoms with Gasteiger partial charge in [0.2, 0.25) is 0 Å². The van der Waals surface area contributed by atoms with Gasteiger partial charge in [-0.15, -0.1) is 0 Å². The highest BCUT2D eigenvalue weighted by atomic mass is 35.5. The van der Waals surface area contributed by atoms with Gasteiger partial charge in [-0.05, 0) is 23.1 Å². The van der Waals surface area contributed by atoms with E-state index in [2.05, 4.69) is 0 Å². The van der Waals surface area contributed by atoms with E-state index in [-0.39, 0.29) is 0 Å². The van der Waals surface area contributed by atoms with E-state index in [1.165, 1.54) is 0 Å². The van der Waals surface area contributed by atoms with E-state index >= 15 is 0 Å². The second-order valence-corrected chi connectivity index (χ2v) is 3.78. The average Bonchev–Trinajstić information content (AvgIpc) is 2.01. The van der Waals surface area contributed by atoms with Crippen molar-refractivity contribution in [1.29, 1.82) is 0 Å². The summed E-state index contributed by atoms with van der Waals surface area (Å²) in [6.07, 6.45) is 0.630. The number of thiocarbonyl (C=S) groups is 1. The predicted molar refractivity (Wildman–Crippen MR) is 58.8 cm³/mol. The van der Waals surface area contributed by atoms with Crippen molar-refractivity contribution in [2.45, 2.75) is 6.42 Å². The Balaban J connectivity index is 3.13. The van der Waals surface area contributed by atoms with Gasteiger partial charge >= 0.3 is 0 Å². The van der Waals surface area contributed by atoms with Crippen LogP contribution in [0.5, 0.6) is 0 Å². The van der Waals surface area contributed by atoms with Crippen LogP contribution in [0.25, 0.3) is 0 Å². The molecule has 0 saturated heterocycles. The van der Waals surface area contributed by atoms with Gasteiger partial charge in [0.25, 0.3) is 0 Å². The van der Waals surface area contributed by atoms with Gasteiger partial charge in [0, 0.05) is 11.4 Å². The Morgan fingerprint density at radius 1 is 1.08 bits per heavy atom. The van der Waals surface area contributed by atoms with Crippen LogP contribution in [-0.4, -0.2) is 5.37 Å². The maximum absolute atomic E-state index is 5.87. The van der Waals surface area contributed by atoms with Crippen LogP contribution in [0, 0.1) is 0 Å². The van der Waals surface area contributed by atoms with Crippen molar-refractivity contribution in [1.82, 2.24) is 0 Å². The summed E-state index contributed by atoms with van der Waals surface area (Å²) in [7, 11) is 0. The van der Waals surface area contributed by atoms with E-state index in [9.17, 15) is 0 Å². The van der Waals surface area contributed by atoms with Gasteiger partial charge in [-0.1, -0.05) is 47.0 Å².